The first-order valence-electron chi connectivity index (χ1n) is 6.19. The van der Waals surface area contributed by atoms with Gasteiger partial charge in [-0.3, -0.25) is 0 Å². The van der Waals surface area contributed by atoms with Crippen molar-refractivity contribution in [1.29, 1.82) is 0 Å². The average Bonchev–Trinajstić information content (AvgIpc) is 1.99. The van der Waals surface area contributed by atoms with Crippen LogP contribution in [0, 0.1) is 11.3 Å². The molecule has 0 aromatic carbocycles. The quantitative estimate of drug-likeness (QED) is 0.729. The highest BCUT2D eigenvalue weighted by atomic mass is 14.9. The Hall–Kier alpha value is -0.0400. The lowest BCUT2D eigenvalue weighted by atomic mass is 9.70. The van der Waals surface area contributed by atoms with Gasteiger partial charge in [-0.2, -0.15) is 0 Å². The summed E-state index contributed by atoms with van der Waals surface area (Å²) < 4.78 is 0. The van der Waals surface area contributed by atoms with Crippen LogP contribution in [0.2, 0.25) is 0 Å². The Morgan fingerprint density at radius 1 is 1.36 bits per heavy atom. The van der Waals surface area contributed by atoms with E-state index < -0.39 is 0 Å². The van der Waals surface area contributed by atoms with Gasteiger partial charge in [-0.05, 0) is 43.9 Å². The molecule has 0 aliphatic heterocycles. The van der Waals surface area contributed by atoms with Gasteiger partial charge in [-0.1, -0.05) is 27.7 Å². The lowest BCUT2D eigenvalue weighted by Crippen LogP contribution is -2.43. The first-order valence-corrected chi connectivity index (χ1v) is 6.19. The van der Waals surface area contributed by atoms with Gasteiger partial charge in [0.05, 0.1) is 0 Å². The van der Waals surface area contributed by atoms with Gasteiger partial charge in [-0.15, -0.1) is 0 Å². The van der Waals surface area contributed by atoms with Gasteiger partial charge in [0.25, 0.3) is 0 Å². The van der Waals surface area contributed by atoms with E-state index in [0.29, 0.717) is 11.5 Å². The molecule has 84 valence electrons. The number of hydrogen-bond donors (Lipinski definition) is 1. The maximum atomic E-state index is 3.75. The van der Waals surface area contributed by atoms with E-state index in [1.165, 1.54) is 25.7 Å². The maximum Gasteiger partial charge on any atom is 0.00771 e. The van der Waals surface area contributed by atoms with Gasteiger partial charge in [0.1, 0.15) is 0 Å². The molecule has 0 spiro atoms. The van der Waals surface area contributed by atoms with Crippen LogP contribution in [0.1, 0.15) is 60.3 Å². The third-order valence-corrected chi connectivity index (χ3v) is 3.52. The van der Waals surface area contributed by atoms with Crippen LogP contribution >= 0.6 is 0 Å². The molecule has 1 aliphatic carbocycles. The van der Waals surface area contributed by atoms with Crippen LogP contribution in [0.5, 0.6) is 0 Å². The minimum Gasteiger partial charge on any atom is -0.311 e. The molecule has 0 saturated heterocycles. The van der Waals surface area contributed by atoms with Crippen LogP contribution in [0.4, 0.5) is 0 Å². The molecule has 1 rings (SSSR count). The standard InChI is InChI=1S/C13H27N/c1-6-11(3)14-12-7-10(2)8-13(4,5)9-12/h10-12,14H,6-9H2,1-5H3. The van der Waals surface area contributed by atoms with Gasteiger partial charge in [-0.25, -0.2) is 0 Å². The van der Waals surface area contributed by atoms with Crippen molar-refractivity contribution in [2.75, 3.05) is 0 Å². The van der Waals surface area contributed by atoms with E-state index >= 15 is 0 Å². The Bertz CT molecular complexity index is 174. The fraction of sp³-hybridized carbons (Fsp3) is 1.00. The molecule has 0 heterocycles. The van der Waals surface area contributed by atoms with E-state index in [2.05, 4.69) is 39.9 Å². The first-order chi connectivity index (χ1) is 6.43. The molecule has 3 atom stereocenters. The topological polar surface area (TPSA) is 12.0 Å². The molecule has 0 aromatic rings. The molecule has 3 unspecified atom stereocenters. The van der Waals surface area contributed by atoms with Crippen molar-refractivity contribution in [2.45, 2.75) is 72.4 Å². The summed E-state index contributed by atoms with van der Waals surface area (Å²) in [7, 11) is 0. The highest BCUT2D eigenvalue weighted by Gasteiger charge is 2.31. The van der Waals surface area contributed by atoms with Crippen LogP contribution < -0.4 is 5.32 Å². The van der Waals surface area contributed by atoms with Crippen LogP contribution in [0.15, 0.2) is 0 Å². The zero-order chi connectivity index (χ0) is 10.8. The Labute approximate surface area is 89.7 Å². The van der Waals surface area contributed by atoms with Crippen LogP contribution in [-0.2, 0) is 0 Å². The molecule has 1 N–H and O–H groups in total. The van der Waals surface area contributed by atoms with Crippen molar-refractivity contribution in [1.82, 2.24) is 5.32 Å². The predicted molar refractivity (Wildman–Crippen MR) is 63.5 cm³/mol. The van der Waals surface area contributed by atoms with Crippen LogP contribution in [0.25, 0.3) is 0 Å². The molecule has 0 radical (unpaired) electrons. The van der Waals surface area contributed by atoms with Crippen molar-refractivity contribution in [3.05, 3.63) is 0 Å². The molecule has 1 aliphatic rings. The Kier molecular flexibility index (Phi) is 4.00. The maximum absolute atomic E-state index is 3.75. The number of nitrogens with one attached hydrogen (secondary N) is 1. The second-order valence-electron chi connectivity index (χ2n) is 6.09. The molecule has 0 amide bonds. The van der Waals surface area contributed by atoms with E-state index in [1.54, 1.807) is 0 Å². The van der Waals surface area contributed by atoms with E-state index in [9.17, 15) is 0 Å². The van der Waals surface area contributed by atoms with Crippen LogP contribution in [0.3, 0.4) is 0 Å². The van der Waals surface area contributed by atoms with Gasteiger partial charge >= 0.3 is 0 Å². The van der Waals surface area contributed by atoms with Crippen molar-refractivity contribution in [3.63, 3.8) is 0 Å². The lowest BCUT2D eigenvalue weighted by Gasteiger charge is -2.40. The molecular weight excluding hydrogens is 170 g/mol. The first kappa shape index (κ1) is 12.0. The highest BCUT2D eigenvalue weighted by molar-refractivity contribution is 4.87. The van der Waals surface area contributed by atoms with Crippen molar-refractivity contribution in [3.8, 4) is 0 Å². The van der Waals surface area contributed by atoms with Gasteiger partial charge in [0.15, 0.2) is 0 Å². The second kappa shape index (κ2) is 4.65. The van der Waals surface area contributed by atoms with Gasteiger partial charge in [0.2, 0.25) is 0 Å². The summed E-state index contributed by atoms with van der Waals surface area (Å²) >= 11 is 0. The van der Waals surface area contributed by atoms with Crippen molar-refractivity contribution in [2.24, 2.45) is 11.3 Å². The zero-order valence-corrected chi connectivity index (χ0v) is 10.6. The Balaban J connectivity index is 2.45. The smallest absolute Gasteiger partial charge is 0.00771 e. The summed E-state index contributed by atoms with van der Waals surface area (Å²) in [5.41, 5.74) is 0.544. The zero-order valence-electron chi connectivity index (χ0n) is 10.6. The van der Waals surface area contributed by atoms with Crippen molar-refractivity contribution >= 4 is 0 Å². The van der Waals surface area contributed by atoms with E-state index in [4.69, 9.17) is 0 Å². The normalized spacial score (nSPS) is 34.1. The molecule has 1 fully saturated rings. The highest BCUT2D eigenvalue weighted by Crippen LogP contribution is 2.38. The third-order valence-electron chi connectivity index (χ3n) is 3.52. The number of hydrogen-bond acceptors (Lipinski definition) is 1. The summed E-state index contributed by atoms with van der Waals surface area (Å²) in [6.45, 7) is 11.8. The minimum absolute atomic E-state index is 0.544. The molecular formula is C13H27N. The molecule has 14 heavy (non-hydrogen) atoms. The summed E-state index contributed by atoms with van der Waals surface area (Å²) in [6, 6.07) is 1.43. The van der Waals surface area contributed by atoms with Gasteiger partial charge < -0.3 is 5.32 Å². The Morgan fingerprint density at radius 2 is 2.00 bits per heavy atom. The summed E-state index contributed by atoms with van der Waals surface area (Å²) in [6.07, 6.45) is 5.35. The molecule has 1 nitrogen and oxygen atoms in total. The Morgan fingerprint density at radius 3 is 2.50 bits per heavy atom. The van der Waals surface area contributed by atoms with Crippen molar-refractivity contribution < 1.29 is 0 Å². The SMILES string of the molecule is CCC(C)NC1CC(C)CC(C)(C)C1. The average molecular weight is 197 g/mol. The molecule has 0 aromatic heterocycles. The lowest BCUT2D eigenvalue weighted by molar-refractivity contribution is 0.145. The monoisotopic (exact) mass is 197 g/mol. The predicted octanol–water partition coefficient (Wildman–Crippen LogP) is 3.59. The van der Waals surface area contributed by atoms with E-state index in [0.717, 1.165) is 12.0 Å². The largest absolute Gasteiger partial charge is 0.311 e. The van der Waals surface area contributed by atoms with E-state index in [-0.39, 0.29) is 0 Å². The molecule has 1 saturated carbocycles. The molecule has 0 bridgehead atoms. The number of rotatable bonds is 3. The third kappa shape index (κ3) is 3.61. The van der Waals surface area contributed by atoms with Gasteiger partial charge in [0, 0.05) is 12.1 Å². The fourth-order valence-electron chi connectivity index (χ4n) is 2.99. The summed E-state index contributed by atoms with van der Waals surface area (Å²) in [5.74, 6) is 0.889. The summed E-state index contributed by atoms with van der Waals surface area (Å²) in [4.78, 5) is 0. The fourth-order valence-corrected chi connectivity index (χ4v) is 2.99. The second-order valence-corrected chi connectivity index (χ2v) is 6.09. The van der Waals surface area contributed by atoms with E-state index in [1.807, 2.05) is 0 Å². The summed E-state index contributed by atoms with van der Waals surface area (Å²) in [5, 5.41) is 3.75. The minimum atomic E-state index is 0.544. The molecule has 1 heteroatoms. The van der Waals surface area contributed by atoms with Crippen LogP contribution in [-0.4, -0.2) is 12.1 Å².